The van der Waals surface area contributed by atoms with Crippen LogP contribution in [0.1, 0.15) is 15.9 Å². The average molecular weight is 282 g/mol. The summed E-state index contributed by atoms with van der Waals surface area (Å²) in [7, 11) is 1.60. The quantitative estimate of drug-likeness (QED) is 0.860. The smallest absolute Gasteiger partial charge is 0.196 e. The van der Waals surface area contributed by atoms with Crippen molar-refractivity contribution in [1.29, 1.82) is 0 Å². The Bertz CT molecular complexity index is 731. The number of aromatic hydroxyl groups is 1. The van der Waals surface area contributed by atoms with Crippen LogP contribution in [0.2, 0.25) is 0 Å². The molecular formula is C17H14O4. The molecule has 1 N–H and O–H groups in total. The molecule has 4 heteroatoms. The molecule has 1 aliphatic rings. The van der Waals surface area contributed by atoms with E-state index in [9.17, 15) is 9.90 Å². The third-order valence-electron chi connectivity index (χ3n) is 3.32. The predicted octanol–water partition coefficient (Wildman–Crippen LogP) is 3.06. The van der Waals surface area contributed by atoms with Gasteiger partial charge in [-0.15, -0.1) is 0 Å². The molecule has 0 fully saturated rings. The summed E-state index contributed by atoms with van der Waals surface area (Å²) in [5, 5.41) is 9.41. The Labute approximate surface area is 122 Å². The largest absolute Gasteiger partial charge is 0.508 e. The molecule has 0 spiro atoms. The van der Waals surface area contributed by atoms with Crippen molar-refractivity contribution in [3.05, 3.63) is 59.2 Å². The van der Waals surface area contributed by atoms with E-state index >= 15 is 0 Å². The van der Waals surface area contributed by atoms with Crippen molar-refractivity contribution in [3.63, 3.8) is 0 Å². The molecule has 1 heterocycles. The standard InChI is InChI=1S/C17H14O4/c1-20-14-4-2-3-11(8-14)7-12-10-21-16-9-13(18)5-6-15(16)17(12)19/h2-9,18H,10H2,1H3/b12-7+. The Hall–Kier alpha value is -2.75. The Kier molecular flexibility index (Phi) is 3.36. The summed E-state index contributed by atoms with van der Waals surface area (Å²) in [4.78, 5) is 12.4. The van der Waals surface area contributed by atoms with Crippen LogP contribution in [0, 0.1) is 0 Å². The number of ketones is 1. The first-order valence-electron chi connectivity index (χ1n) is 6.52. The number of benzene rings is 2. The molecule has 1 aliphatic heterocycles. The topological polar surface area (TPSA) is 55.8 Å². The molecule has 0 radical (unpaired) electrons. The normalized spacial score (nSPS) is 15.5. The van der Waals surface area contributed by atoms with Crippen molar-refractivity contribution in [1.82, 2.24) is 0 Å². The van der Waals surface area contributed by atoms with Gasteiger partial charge in [0.1, 0.15) is 23.9 Å². The van der Waals surface area contributed by atoms with Crippen LogP contribution in [0.5, 0.6) is 17.2 Å². The molecule has 0 amide bonds. The average Bonchev–Trinajstić information content (AvgIpc) is 2.50. The second kappa shape index (κ2) is 5.32. The highest BCUT2D eigenvalue weighted by Gasteiger charge is 2.23. The van der Waals surface area contributed by atoms with Crippen molar-refractivity contribution in [2.45, 2.75) is 0 Å². The number of Topliss-reactive ketones (excluding diaryl/α,β-unsaturated/α-hetero) is 1. The van der Waals surface area contributed by atoms with Crippen molar-refractivity contribution in [2.75, 3.05) is 13.7 Å². The Morgan fingerprint density at radius 1 is 1.24 bits per heavy atom. The van der Waals surface area contributed by atoms with Gasteiger partial charge in [0, 0.05) is 11.6 Å². The molecule has 0 saturated carbocycles. The molecule has 2 aromatic rings. The van der Waals surface area contributed by atoms with E-state index in [1.165, 1.54) is 12.1 Å². The third-order valence-corrected chi connectivity index (χ3v) is 3.32. The number of hydrogen-bond donors (Lipinski definition) is 1. The molecule has 21 heavy (non-hydrogen) atoms. The molecule has 3 rings (SSSR count). The van der Waals surface area contributed by atoms with Gasteiger partial charge in [-0.25, -0.2) is 0 Å². The number of rotatable bonds is 2. The number of ether oxygens (including phenoxy) is 2. The third kappa shape index (κ3) is 2.60. The molecular weight excluding hydrogens is 268 g/mol. The predicted molar refractivity (Wildman–Crippen MR) is 78.9 cm³/mol. The van der Waals surface area contributed by atoms with Gasteiger partial charge in [0.05, 0.1) is 12.7 Å². The van der Waals surface area contributed by atoms with E-state index < -0.39 is 0 Å². The highest BCUT2D eigenvalue weighted by atomic mass is 16.5. The van der Waals surface area contributed by atoms with Gasteiger partial charge in [-0.2, -0.15) is 0 Å². The fraction of sp³-hybridized carbons (Fsp3) is 0.118. The molecule has 0 bridgehead atoms. The lowest BCUT2D eigenvalue weighted by Crippen LogP contribution is -2.18. The minimum atomic E-state index is -0.0842. The monoisotopic (exact) mass is 282 g/mol. The second-order valence-corrected chi connectivity index (χ2v) is 4.74. The fourth-order valence-corrected chi connectivity index (χ4v) is 2.25. The van der Waals surface area contributed by atoms with E-state index in [0.29, 0.717) is 16.9 Å². The molecule has 106 valence electrons. The molecule has 0 unspecified atom stereocenters. The Morgan fingerprint density at radius 3 is 2.90 bits per heavy atom. The van der Waals surface area contributed by atoms with Crippen LogP contribution < -0.4 is 9.47 Å². The number of phenolic OH excluding ortho intramolecular Hbond substituents is 1. The molecule has 4 nitrogen and oxygen atoms in total. The van der Waals surface area contributed by atoms with Crippen molar-refractivity contribution in [2.24, 2.45) is 0 Å². The van der Waals surface area contributed by atoms with E-state index in [4.69, 9.17) is 9.47 Å². The number of carbonyl (C=O) groups excluding carboxylic acids is 1. The first kappa shape index (κ1) is 13.2. The number of hydrogen-bond acceptors (Lipinski definition) is 4. The molecule has 2 aromatic carbocycles. The summed E-state index contributed by atoms with van der Waals surface area (Å²) in [5.41, 5.74) is 1.91. The van der Waals surface area contributed by atoms with Crippen LogP contribution in [-0.2, 0) is 0 Å². The zero-order chi connectivity index (χ0) is 14.8. The maximum absolute atomic E-state index is 12.4. The molecule has 0 atom stereocenters. The van der Waals surface area contributed by atoms with Crippen LogP contribution in [-0.4, -0.2) is 24.6 Å². The van der Waals surface area contributed by atoms with Gasteiger partial charge in [-0.3, -0.25) is 4.79 Å². The van der Waals surface area contributed by atoms with E-state index in [0.717, 1.165) is 11.3 Å². The van der Waals surface area contributed by atoms with Gasteiger partial charge in [0.15, 0.2) is 5.78 Å². The minimum absolute atomic E-state index is 0.0842. The number of methoxy groups -OCH3 is 1. The van der Waals surface area contributed by atoms with E-state index in [1.54, 1.807) is 19.3 Å². The zero-order valence-electron chi connectivity index (χ0n) is 11.5. The Balaban J connectivity index is 1.95. The SMILES string of the molecule is COc1cccc(/C=C2\COc3cc(O)ccc3C2=O)c1. The molecule has 0 saturated heterocycles. The fourth-order valence-electron chi connectivity index (χ4n) is 2.25. The van der Waals surface area contributed by atoms with E-state index in [1.807, 2.05) is 24.3 Å². The lowest BCUT2D eigenvalue weighted by molar-refractivity contribution is 0.100. The highest BCUT2D eigenvalue weighted by Crippen LogP contribution is 2.31. The Morgan fingerprint density at radius 2 is 2.10 bits per heavy atom. The second-order valence-electron chi connectivity index (χ2n) is 4.74. The molecule has 0 aliphatic carbocycles. The van der Waals surface area contributed by atoms with Gasteiger partial charge >= 0.3 is 0 Å². The van der Waals surface area contributed by atoms with Crippen molar-refractivity contribution >= 4 is 11.9 Å². The maximum Gasteiger partial charge on any atom is 0.196 e. The summed E-state index contributed by atoms with van der Waals surface area (Å²) in [6.07, 6.45) is 1.79. The summed E-state index contributed by atoms with van der Waals surface area (Å²) >= 11 is 0. The van der Waals surface area contributed by atoms with Crippen LogP contribution in [0.25, 0.3) is 6.08 Å². The summed E-state index contributed by atoms with van der Waals surface area (Å²) < 4.78 is 10.7. The van der Waals surface area contributed by atoms with E-state index in [-0.39, 0.29) is 18.1 Å². The maximum atomic E-state index is 12.4. The van der Waals surface area contributed by atoms with Crippen LogP contribution in [0.3, 0.4) is 0 Å². The number of fused-ring (bicyclic) bond motifs is 1. The lowest BCUT2D eigenvalue weighted by atomic mass is 9.98. The van der Waals surface area contributed by atoms with E-state index in [2.05, 4.69) is 0 Å². The van der Waals surface area contributed by atoms with Gasteiger partial charge in [-0.05, 0) is 35.9 Å². The summed E-state index contributed by atoms with van der Waals surface area (Å²) in [5.74, 6) is 1.16. The van der Waals surface area contributed by atoms with Crippen LogP contribution in [0.4, 0.5) is 0 Å². The zero-order valence-corrected chi connectivity index (χ0v) is 11.5. The molecule has 0 aromatic heterocycles. The van der Waals surface area contributed by atoms with Gasteiger partial charge in [-0.1, -0.05) is 12.1 Å². The minimum Gasteiger partial charge on any atom is -0.508 e. The number of carbonyl (C=O) groups is 1. The summed E-state index contributed by atoms with van der Waals surface area (Å²) in [6.45, 7) is 0.187. The lowest BCUT2D eigenvalue weighted by Gasteiger charge is -2.19. The van der Waals surface area contributed by atoms with Crippen molar-refractivity contribution in [3.8, 4) is 17.2 Å². The highest BCUT2D eigenvalue weighted by molar-refractivity contribution is 6.14. The van der Waals surface area contributed by atoms with Crippen molar-refractivity contribution < 1.29 is 19.4 Å². The first-order chi connectivity index (χ1) is 10.2. The first-order valence-corrected chi connectivity index (χ1v) is 6.52. The summed E-state index contributed by atoms with van der Waals surface area (Å²) in [6, 6.07) is 12.0. The van der Waals surface area contributed by atoms with Gasteiger partial charge in [0.25, 0.3) is 0 Å². The van der Waals surface area contributed by atoms with Crippen LogP contribution >= 0.6 is 0 Å². The van der Waals surface area contributed by atoms with Gasteiger partial charge < -0.3 is 14.6 Å². The number of phenols is 1. The van der Waals surface area contributed by atoms with Gasteiger partial charge in [0.2, 0.25) is 0 Å². The van der Waals surface area contributed by atoms with Crippen LogP contribution in [0.15, 0.2) is 48.0 Å².